The zero-order chi connectivity index (χ0) is 19.6. The summed E-state index contributed by atoms with van der Waals surface area (Å²) in [5.41, 5.74) is -0.880. The Hall–Kier alpha value is -0.593. The average Bonchev–Trinajstić information content (AvgIpc) is 2.31. The molecule has 0 aliphatic carbocycles. The van der Waals surface area contributed by atoms with E-state index in [1.165, 1.54) is 5.06 Å². The SMILES string of the molecule is CC(CC(C)(C)CO)N(O[Si](C)(C)C(C)(C)C)C(=O)OC(C)(C)C. The van der Waals surface area contributed by atoms with Crippen LogP contribution in [0.4, 0.5) is 4.79 Å². The van der Waals surface area contributed by atoms with Gasteiger partial charge >= 0.3 is 6.09 Å². The minimum Gasteiger partial charge on any atom is -0.442 e. The van der Waals surface area contributed by atoms with Crippen molar-refractivity contribution < 1.29 is 19.2 Å². The summed E-state index contributed by atoms with van der Waals surface area (Å²) < 4.78 is 11.8. The molecule has 1 atom stereocenters. The van der Waals surface area contributed by atoms with Gasteiger partial charge in [-0.15, -0.1) is 0 Å². The molecule has 0 radical (unpaired) electrons. The van der Waals surface area contributed by atoms with Crippen LogP contribution in [0, 0.1) is 5.41 Å². The number of aliphatic hydroxyl groups excluding tert-OH is 1. The van der Waals surface area contributed by atoms with E-state index in [4.69, 9.17) is 9.26 Å². The van der Waals surface area contributed by atoms with Crippen LogP contribution in [0.5, 0.6) is 0 Å². The number of amides is 1. The maximum absolute atomic E-state index is 12.7. The molecule has 0 aromatic carbocycles. The van der Waals surface area contributed by atoms with Gasteiger partial charge in [0, 0.05) is 6.61 Å². The molecule has 24 heavy (non-hydrogen) atoms. The summed E-state index contributed by atoms with van der Waals surface area (Å²) in [6.45, 7) is 22.1. The van der Waals surface area contributed by atoms with Crippen molar-refractivity contribution in [3.05, 3.63) is 0 Å². The van der Waals surface area contributed by atoms with Crippen LogP contribution in [0.15, 0.2) is 0 Å². The van der Waals surface area contributed by atoms with Gasteiger partial charge in [-0.05, 0) is 57.7 Å². The standard InChI is InChI=1S/C18H39NO4Si/c1-14(12-18(8,9)13-20)19(15(21)22-16(2,3)4)23-24(10,11)17(5,6)7/h14,20H,12-13H2,1-11H3. The Morgan fingerprint density at radius 3 is 1.88 bits per heavy atom. The van der Waals surface area contributed by atoms with Crippen molar-refractivity contribution in [1.82, 2.24) is 5.06 Å². The lowest BCUT2D eigenvalue weighted by molar-refractivity contribution is -0.111. The molecule has 0 fully saturated rings. The Bertz CT molecular complexity index is 422. The second-order valence-corrected chi connectivity index (χ2v) is 14.7. The normalized spacial score (nSPS) is 15.2. The van der Waals surface area contributed by atoms with Crippen LogP contribution in [0.1, 0.15) is 68.7 Å². The van der Waals surface area contributed by atoms with Crippen molar-refractivity contribution in [3.8, 4) is 0 Å². The molecule has 144 valence electrons. The first-order chi connectivity index (χ1) is 10.4. The van der Waals surface area contributed by atoms with Crippen molar-refractivity contribution in [1.29, 1.82) is 0 Å². The first-order valence-corrected chi connectivity index (χ1v) is 11.6. The molecule has 0 aliphatic rings. The Kier molecular flexibility index (Phi) is 7.56. The van der Waals surface area contributed by atoms with Gasteiger partial charge in [0.15, 0.2) is 0 Å². The van der Waals surface area contributed by atoms with Crippen LogP contribution in [0.3, 0.4) is 0 Å². The number of nitrogens with zero attached hydrogens (tertiary/aromatic N) is 1. The van der Waals surface area contributed by atoms with E-state index in [0.717, 1.165) is 0 Å². The van der Waals surface area contributed by atoms with Crippen LogP contribution in [0.2, 0.25) is 18.1 Å². The van der Waals surface area contributed by atoms with E-state index in [0.29, 0.717) is 6.42 Å². The smallest absolute Gasteiger partial charge is 0.433 e. The van der Waals surface area contributed by atoms with Crippen molar-refractivity contribution in [2.45, 2.75) is 98.5 Å². The molecule has 6 heteroatoms. The summed E-state index contributed by atoms with van der Waals surface area (Å²) in [6, 6.07) is -0.198. The van der Waals surface area contributed by atoms with E-state index in [9.17, 15) is 9.90 Å². The van der Waals surface area contributed by atoms with Crippen LogP contribution in [0.25, 0.3) is 0 Å². The van der Waals surface area contributed by atoms with Gasteiger partial charge in [0.25, 0.3) is 0 Å². The summed E-state index contributed by atoms with van der Waals surface area (Å²) in [6.07, 6.45) is 0.158. The average molecular weight is 362 g/mol. The van der Waals surface area contributed by atoms with Gasteiger partial charge in [0.05, 0.1) is 6.04 Å². The molecule has 0 heterocycles. The number of ether oxygens (including phenoxy) is 1. The molecule has 0 aromatic rings. The Labute approximate surface area is 149 Å². The third-order valence-electron chi connectivity index (χ3n) is 4.38. The Morgan fingerprint density at radius 1 is 1.08 bits per heavy atom. The van der Waals surface area contributed by atoms with E-state index in [-0.39, 0.29) is 23.1 Å². The molecular weight excluding hydrogens is 322 g/mol. The second kappa shape index (κ2) is 7.75. The zero-order valence-corrected chi connectivity index (χ0v) is 18.6. The van der Waals surface area contributed by atoms with E-state index < -0.39 is 20.0 Å². The molecule has 1 amide bonds. The van der Waals surface area contributed by atoms with Gasteiger partial charge in [-0.3, -0.25) is 0 Å². The zero-order valence-electron chi connectivity index (χ0n) is 17.6. The summed E-state index contributed by atoms with van der Waals surface area (Å²) in [7, 11) is -2.19. The highest BCUT2D eigenvalue weighted by atomic mass is 28.4. The first kappa shape index (κ1) is 23.4. The van der Waals surface area contributed by atoms with Crippen LogP contribution >= 0.6 is 0 Å². The number of hydrogen-bond acceptors (Lipinski definition) is 4. The van der Waals surface area contributed by atoms with Crippen LogP contribution in [-0.4, -0.2) is 42.8 Å². The fraction of sp³-hybridized carbons (Fsp3) is 0.944. The Balaban J connectivity index is 5.49. The van der Waals surface area contributed by atoms with Crippen molar-refractivity contribution in [3.63, 3.8) is 0 Å². The number of hydrogen-bond donors (Lipinski definition) is 1. The third kappa shape index (κ3) is 7.53. The number of aliphatic hydroxyl groups is 1. The summed E-state index contributed by atoms with van der Waals surface area (Å²) in [5, 5.41) is 10.9. The predicted octanol–water partition coefficient (Wildman–Crippen LogP) is 4.96. The third-order valence-corrected chi connectivity index (χ3v) is 8.65. The van der Waals surface area contributed by atoms with Crippen molar-refractivity contribution >= 4 is 14.4 Å². The topological polar surface area (TPSA) is 59.0 Å². The first-order valence-electron chi connectivity index (χ1n) is 8.74. The molecule has 0 saturated heterocycles. The molecule has 0 spiro atoms. The quantitative estimate of drug-likeness (QED) is 0.537. The lowest BCUT2D eigenvalue weighted by atomic mass is 9.87. The highest BCUT2D eigenvalue weighted by Gasteiger charge is 2.43. The van der Waals surface area contributed by atoms with Gasteiger partial charge < -0.3 is 14.4 Å². The molecule has 1 unspecified atom stereocenters. The van der Waals surface area contributed by atoms with Gasteiger partial charge in [-0.25, -0.2) is 4.79 Å². The monoisotopic (exact) mass is 361 g/mol. The molecular formula is C18H39NO4Si. The second-order valence-electron chi connectivity index (χ2n) is 10.0. The number of carbonyl (C=O) groups is 1. The number of carbonyl (C=O) groups excluding carboxylic acids is 1. The fourth-order valence-electron chi connectivity index (χ4n) is 1.94. The minimum atomic E-state index is -2.19. The van der Waals surface area contributed by atoms with Gasteiger partial charge in [-0.2, -0.15) is 5.06 Å². The number of rotatable bonds is 6. The van der Waals surface area contributed by atoms with Crippen molar-refractivity contribution in [2.24, 2.45) is 5.41 Å². The largest absolute Gasteiger partial charge is 0.442 e. The van der Waals surface area contributed by atoms with E-state index in [1.54, 1.807) is 0 Å². The van der Waals surface area contributed by atoms with Gasteiger partial charge in [0.1, 0.15) is 5.60 Å². The summed E-state index contributed by atoms with van der Waals surface area (Å²) in [4.78, 5) is 12.7. The number of hydroxylamine groups is 2. The molecule has 0 aromatic heterocycles. The highest BCUT2D eigenvalue weighted by molar-refractivity contribution is 6.74. The summed E-state index contributed by atoms with van der Waals surface area (Å²) in [5.74, 6) is 0. The fourth-order valence-corrected chi connectivity index (χ4v) is 2.96. The Morgan fingerprint density at radius 2 is 1.54 bits per heavy atom. The lowest BCUT2D eigenvalue weighted by Crippen LogP contribution is -2.53. The van der Waals surface area contributed by atoms with Crippen LogP contribution in [-0.2, 0) is 9.26 Å². The minimum absolute atomic E-state index is 0.0283. The molecule has 0 aliphatic heterocycles. The van der Waals surface area contributed by atoms with Crippen LogP contribution < -0.4 is 0 Å². The maximum atomic E-state index is 12.7. The molecule has 0 saturated carbocycles. The highest BCUT2D eigenvalue weighted by Crippen LogP contribution is 2.38. The van der Waals surface area contributed by atoms with E-state index in [1.807, 2.05) is 41.5 Å². The molecule has 5 nitrogen and oxygen atoms in total. The van der Waals surface area contributed by atoms with Crippen molar-refractivity contribution in [2.75, 3.05) is 6.61 Å². The summed E-state index contributed by atoms with van der Waals surface area (Å²) >= 11 is 0. The lowest BCUT2D eigenvalue weighted by Gasteiger charge is -2.42. The van der Waals surface area contributed by atoms with E-state index >= 15 is 0 Å². The van der Waals surface area contributed by atoms with Gasteiger partial charge in [0.2, 0.25) is 8.32 Å². The molecule has 1 N–H and O–H groups in total. The maximum Gasteiger partial charge on any atom is 0.433 e. The van der Waals surface area contributed by atoms with E-state index in [2.05, 4.69) is 33.9 Å². The van der Waals surface area contributed by atoms with Gasteiger partial charge in [-0.1, -0.05) is 34.6 Å². The predicted molar refractivity (Wildman–Crippen MR) is 101 cm³/mol. The molecule has 0 rings (SSSR count). The molecule has 0 bridgehead atoms.